The fourth-order valence-corrected chi connectivity index (χ4v) is 1.56. The predicted octanol–water partition coefficient (Wildman–Crippen LogP) is 2.11. The Bertz CT molecular complexity index is 268. The number of benzene rings is 1. The Hall–Kier alpha value is -1.18. The van der Waals surface area contributed by atoms with Crippen molar-refractivity contribution in [2.75, 3.05) is 18.1 Å². The Kier molecular flexibility index (Phi) is 1.90. The van der Waals surface area contributed by atoms with Crippen LogP contribution in [0.4, 0.5) is 11.4 Å². The van der Waals surface area contributed by atoms with Crippen molar-refractivity contribution in [1.82, 2.24) is 5.32 Å². The van der Waals surface area contributed by atoms with Crippen LogP contribution in [0.25, 0.3) is 0 Å². The van der Waals surface area contributed by atoms with Crippen LogP contribution >= 0.6 is 0 Å². The molecule has 0 aliphatic carbocycles. The van der Waals surface area contributed by atoms with Crippen molar-refractivity contribution in [3.05, 3.63) is 24.3 Å². The van der Waals surface area contributed by atoms with Gasteiger partial charge in [-0.15, -0.1) is 0 Å². The smallest absolute Gasteiger partial charge is 0.111 e. The van der Waals surface area contributed by atoms with E-state index in [1.54, 1.807) is 0 Å². The molecule has 1 aromatic rings. The van der Waals surface area contributed by atoms with Crippen LogP contribution in [0.3, 0.4) is 0 Å². The first kappa shape index (κ1) is 7.47. The zero-order chi connectivity index (χ0) is 8.39. The molecule has 1 aromatic carbocycles. The van der Waals surface area contributed by atoms with E-state index in [4.69, 9.17) is 0 Å². The Morgan fingerprint density at radius 3 is 3.08 bits per heavy atom. The number of nitrogens with zero attached hydrogens (tertiary/aromatic N) is 2. The zero-order valence-electron chi connectivity index (χ0n) is 7.33. The average molecular weight is 161 g/mol. The van der Waals surface area contributed by atoms with Crippen molar-refractivity contribution >= 4 is 11.4 Å². The van der Waals surface area contributed by atoms with E-state index in [0.717, 1.165) is 18.9 Å². The summed E-state index contributed by atoms with van der Waals surface area (Å²) in [5.41, 5.74) is 2.44. The van der Waals surface area contributed by atoms with Gasteiger partial charge in [0.25, 0.3) is 0 Å². The molecule has 0 spiro atoms. The predicted molar refractivity (Wildman–Crippen MR) is 50.7 cm³/mol. The molecule has 0 aromatic heterocycles. The largest absolute Gasteiger partial charge is 0.350 e. The first-order chi connectivity index (χ1) is 5.92. The number of rotatable bonds is 2. The highest BCUT2D eigenvalue weighted by atomic mass is 15.3. The molecule has 12 heavy (non-hydrogen) atoms. The summed E-state index contributed by atoms with van der Waals surface area (Å²) in [6.45, 7) is 4.15. The molecular formula is C10H13N2. The van der Waals surface area contributed by atoms with Crippen LogP contribution in [0.15, 0.2) is 24.3 Å². The molecule has 0 unspecified atom stereocenters. The summed E-state index contributed by atoms with van der Waals surface area (Å²) in [4.78, 5) is 2.31. The molecule has 0 saturated heterocycles. The van der Waals surface area contributed by atoms with E-state index < -0.39 is 0 Å². The molecule has 1 heterocycles. The zero-order valence-corrected chi connectivity index (χ0v) is 7.33. The lowest BCUT2D eigenvalue weighted by Gasteiger charge is -2.15. The molecule has 2 rings (SSSR count). The van der Waals surface area contributed by atoms with Gasteiger partial charge in [0.2, 0.25) is 0 Å². The van der Waals surface area contributed by atoms with Crippen molar-refractivity contribution < 1.29 is 0 Å². The van der Waals surface area contributed by atoms with E-state index in [2.05, 4.69) is 35.3 Å². The molecule has 0 N–H and O–H groups in total. The molecule has 1 aliphatic heterocycles. The fraction of sp³-hybridized carbons (Fsp3) is 0.400. The third-order valence-electron chi connectivity index (χ3n) is 2.13. The summed E-state index contributed by atoms with van der Waals surface area (Å²) in [5, 5.41) is 4.43. The Morgan fingerprint density at radius 1 is 1.42 bits per heavy atom. The lowest BCUT2D eigenvalue weighted by molar-refractivity contribution is 0.762. The van der Waals surface area contributed by atoms with E-state index in [9.17, 15) is 0 Å². The van der Waals surface area contributed by atoms with Gasteiger partial charge in [0, 0.05) is 6.54 Å². The van der Waals surface area contributed by atoms with Gasteiger partial charge in [-0.1, -0.05) is 19.1 Å². The Morgan fingerprint density at radius 2 is 2.25 bits per heavy atom. The summed E-state index contributed by atoms with van der Waals surface area (Å²) in [6, 6.07) is 8.33. The highest BCUT2D eigenvalue weighted by molar-refractivity contribution is 5.69. The third-order valence-corrected chi connectivity index (χ3v) is 2.13. The van der Waals surface area contributed by atoms with E-state index >= 15 is 0 Å². The van der Waals surface area contributed by atoms with E-state index in [-0.39, 0.29) is 0 Å². The molecule has 2 heteroatoms. The van der Waals surface area contributed by atoms with Crippen LogP contribution in [-0.2, 0) is 0 Å². The van der Waals surface area contributed by atoms with Crippen LogP contribution in [0.5, 0.6) is 0 Å². The van der Waals surface area contributed by atoms with Crippen molar-refractivity contribution in [3.63, 3.8) is 0 Å². The maximum atomic E-state index is 4.43. The maximum Gasteiger partial charge on any atom is 0.111 e. The summed E-state index contributed by atoms with van der Waals surface area (Å²) < 4.78 is 0. The SMILES string of the molecule is CCCN1C[N]c2ccccc21. The number of para-hydroxylation sites is 2. The van der Waals surface area contributed by atoms with Gasteiger partial charge in [-0.25, -0.2) is 0 Å². The highest BCUT2D eigenvalue weighted by Crippen LogP contribution is 2.30. The Labute approximate surface area is 73.2 Å². The normalized spacial score (nSPS) is 14.2. The third kappa shape index (κ3) is 1.13. The van der Waals surface area contributed by atoms with Gasteiger partial charge in [0.1, 0.15) is 6.67 Å². The molecule has 1 aliphatic rings. The number of fused-ring (bicyclic) bond motifs is 1. The number of hydrogen-bond donors (Lipinski definition) is 0. The molecule has 0 bridgehead atoms. The summed E-state index contributed by atoms with van der Waals surface area (Å²) in [7, 11) is 0. The molecule has 63 valence electrons. The van der Waals surface area contributed by atoms with Crippen LogP contribution in [0.2, 0.25) is 0 Å². The van der Waals surface area contributed by atoms with Crippen LogP contribution in [-0.4, -0.2) is 13.2 Å². The van der Waals surface area contributed by atoms with Crippen LogP contribution in [0.1, 0.15) is 13.3 Å². The second kappa shape index (κ2) is 3.05. The van der Waals surface area contributed by atoms with Crippen molar-refractivity contribution in [2.45, 2.75) is 13.3 Å². The minimum absolute atomic E-state index is 0.840. The first-order valence-corrected chi connectivity index (χ1v) is 4.43. The van der Waals surface area contributed by atoms with Crippen LogP contribution < -0.4 is 10.2 Å². The minimum Gasteiger partial charge on any atom is -0.350 e. The van der Waals surface area contributed by atoms with Gasteiger partial charge in [-0.3, -0.25) is 5.32 Å². The van der Waals surface area contributed by atoms with Gasteiger partial charge >= 0.3 is 0 Å². The van der Waals surface area contributed by atoms with Gasteiger partial charge in [0.15, 0.2) is 0 Å². The van der Waals surface area contributed by atoms with Crippen molar-refractivity contribution in [1.29, 1.82) is 0 Å². The summed E-state index contributed by atoms with van der Waals surface area (Å²) in [6.07, 6.45) is 1.18. The van der Waals surface area contributed by atoms with Crippen LogP contribution in [0, 0.1) is 0 Å². The fourth-order valence-electron chi connectivity index (χ4n) is 1.56. The van der Waals surface area contributed by atoms with Gasteiger partial charge in [-0.2, -0.15) is 0 Å². The maximum absolute atomic E-state index is 4.43. The standard InChI is InChI=1S/C10H13N2/c1-2-7-12-8-11-9-5-3-4-6-10(9)12/h3-6H,2,7-8H2,1H3. The van der Waals surface area contributed by atoms with E-state index in [0.29, 0.717) is 0 Å². The van der Waals surface area contributed by atoms with Gasteiger partial charge in [0.05, 0.1) is 11.4 Å². The van der Waals surface area contributed by atoms with Gasteiger partial charge in [-0.05, 0) is 18.6 Å². The van der Waals surface area contributed by atoms with Crippen molar-refractivity contribution in [3.8, 4) is 0 Å². The lowest BCUT2D eigenvalue weighted by Crippen LogP contribution is -2.22. The second-order valence-electron chi connectivity index (χ2n) is 3.05. The lowest BCUT2D eigenvalue weighted by atomic mass is 10.2. The quantitative estimate of drug-likeness (QED) is 0.649. The average Bonchev–Trinajstić information content (AvgIpc) is 2.50. The highest BCUT2D eigenvalue weighted by Gasteiger charge is 2.17. The Balaban J connectivity index is 2.24. The number of anilines is 1. The minimum atomic E-state index is 0.840. The van der Waals surface area contributed by atoms with E-state index in [1.807, 2.05) is 6.07 Å². The summed E-state index contributed by atoms with van der Waals surface area (Å²) >= 11 is 0. The first-order valence-electron chi connectivity index (χ1n) is 4.43. The topological polar surface area (TPSA) is 17.3 Å². The molecule has 1 radical (unpaired) electrons. The van der Waals surface area contributed by atoms with Gasteiger partial charge < -0.3 is 4.90 Å². The monoisotopic (exact) mass is 161 g/mol. The summed E-state index contributed by atoms with van der Waals surface area (Å²) in [5.74, 6) is 0. The molecule has 2 nitrogen and oxygen atoms in total. The number of hydrogen-bond acceptors (Lipinski definition) is 1. The molecular weight excluding hydrogens is 148 g/mol. The molecule has 0 saturated carbocycles. The van der Waals surface area contributed by atoms with E-state index in [1.165, 1.54) is 12.1 Å². The molecule has 0 fully saturated rings. The molecule has 0 amide bonds. The second-order valence-corrected chi connectivity index (χ2v) is 3.05. The molecule has 0 atom stereocenters. The van der Waals surface area contributed by atoms with Crippen molar-refractivity contribution in [2.24, 2.45) is 0 Å².